The Hall–Kier alpha value is -0.333. The average Bonchev–Trinajstić information content (AvgIpc) is 2.33. The Morgan fingerprint density at radius 3 is 2.20 bits per heavy atom. The molecule has 0 bridgehead atoms. The van der Waals surface area contributed by atoms with Gasteiger partial charge in [0.1, 0.15) is 0 Å². The maximum Gasteiger partial charge on any atom is 0.537 e. The third-order valence-corrected chi connectivity index (χ3v) is 5.23. The van der Waals surface area contributed by atoms with Crippen LogP contribution in [0.15, 0.2) is 30.3 Å². The minimum atomic E-state index is -2.66. The first kappa shape index (κ1) is 12.7. The highest BCUT2D eigenvalue weighted by Gasteiger charge is 2.41. The zero-order chi connectivity index (χ0) is 11.1. The number of benzene rings is 1. The first-order chi connectivity index (χ1) is 7.29. The summed E-state index contributed by atoms with van der Waals surface area (Å²) in [5, 5.41) is 0.990. The fourth-order valence-electron chi connectivity index (χ4n) is 1.30. The molecule has 0 atom stereocenters. The molecule has 0 aromatic heterocycles. The second kappa shape index (κ2) is 6.29. The predicted molar refractivity (Wildman–Crippen MR) is 65.3 cm³/mol. The molecule has 15 heavy (non-hydrogen) atoms. The molecule has 0 aliphatic rings. The summed E-state index contributed by atoms with van der Waals surface area (Å²) in [5.41, 5.74) is 0. The topological polar surface area (TPSA) is 27.7 Å². The minimum Gasteiger partial charge on any atom is -0.373 e. The van der Waals surface area contributed by atoms with Crippen molar-refractivity contribution < 1.29 is 13.3 Å². The fourth-order valence-corrected chi connectivity index (χ4v) is 4.03. The molecule has 84 valence electrons. The summed E-state index contributed by atoms with van der Waals surface area (Å²) in [5.74, 6) is 0.572. The van der Waals surface area contributed by atoms with Gasteiger partial charge in [-0.05, 0) is 6.26 Å². The van der Waals surface area contributed by atoms with Crippen molar-refractivity contribution in [2.75, 3.05) is 26.4 Å². The van der Waals surface area contributed by atoms with Crippen molar-refractivity contribution in [2.45, 2.75) is 0 Å². The lowest BCUT2D eigenvalue weighted by Crippen LogP contribution is -2.55. The zero-order valence-corrected chi connectivity index (χ0v) is 11.0. The Morgan fingerprint density at radius 2 is 1.73 bits per heavy atom. The molecule has 0 unspecified atom stereocenters. The van der Waals surface area contributed by atoms with Gasteiger partial charge in [0.2, 0.25) is 0 Å². The Balaban J connectivity index is 2.89. The van der Waals surface area contributed by atoms with E-state index < -0.39 is 8.80 Å². The van der Waals surface area contributed by atoms with E-state index in [1.54, 1.807) is 26.0 Å². The smallest absolute Gasteiger partial charge is 0.373 e. The SMILES string of the molecule is CO[Si](OC)(OCSC)c1ccccc1. The van der Waals surface area contributed by atoms with Crippen molar-refractivity contribution in [3.05, 3.63) is 30.3 Å². The summed E-state index contributed by atoms with van der Waals surface area (Å²) in [7, 11) is 0.595. The third-order valence-electron chi connectivity index (χ3n) is 2.03. The van der Waals surface area contributed by atoms with Crippen LogP contribution in [0.25, 0.3) is 0 Å². The summed E-state index contributed by atoms with van der Waals surface area (Å²) < 4.78 is 16.6. The molecule has 0 radical (unpaired) electrons. The Labute approximate surface area is 96.1 Å². The molecule has 0 saturated carbocycles. The van der Waals surface area contributed by atoms with Gasteiger partial charge in [0.05, 0.1) is 5.94 Å². The lowest BCUT2D eigenvalue weighted by molar-refractivity contribution is 0.134. The largest absolute Gasteiger partial charge is 0.537 e. The lowest BCUT2D eigenvalue weighted by atomic mass is 10.4. The summed E-state index contributed by atoms with van der Waals surface area (Å²) in [6, 6.07) is 9.82. The number of hydrogen-bond donors (Lipinski definition) is 0. The monoisotopic (exact) mass is 244 g/mol. The standard InChI is InChI=1S/C10H16O3SSi/c1-11-15(12-2,13-9-14-3)10-7-5-4-6-8-10/h4-8H,9H2,1-3H3. The number of hydrogen-bond acceptors (Lipinski definition) is 4. The summed E-state index contributed by atoms with van der Waals surface area (Å²) in [4.78, 5) is 0. The van der Waals surface area contributed by atoms with Gasteiger partial charge in [0, 0.05) is 19.4 Å². The maximum absolute atomic E-state index is 5.72. The van der Waals surface area contributed by atoms with Crippen LogP contribution in [-0.4, -0.2) is 35.2 Å². The van der Waals surface area contributed by atoms with Crippen LogP contribution in [0, 0.1) is 0 Å². The molecule has 0 amide bonds. The second-order valence-electron chi connectivity index (χ2n) is 2.88. The van der Waals surface area contributed by atoms with Gasteiger partial charge >= 0.3 is 8.80 Å². The molecule has 1 aromatic rings. The van der Waals surface area contributed by atoms with Crippen molar-refractivity contribution in [1.29, 1.82) is 0 Å². The molecule has 0 N–H and O–H groups in total. The Morgan fingerprint density at radius 1 is 1.13 bits per heavy atom. The molecule has 0 spiro atoms. The molecule has 0 aliphatic heterocycles. The molecule has 1 rings (SSSR count). The van der Waals surface area contributed by atoms with Crippen molar-refractivity contribution in [3.8, 4) is 0 Å². The molecule has 5 heteroatoms. The van der Waals surface area contributed by atoms with Crippen molar-refractivity contribution >= 4 is 25.8 Å². The van der Waals surface area contributed by atoms with E-state index >= 15 is 0 Å². The predicted octanol–water partition coefficient (Wildman–Crippen LogP) is 1.46. The molecule has 0 saturated heterocycles. The summed E-state index contributed by atoms with van der Waals surface area (Å²) in [6.45, 7) is 0. The van der Waals surface area contributed by atoms with Gasteiger partial charge in [-0.25, -0.2) is 0 Å². The fraction of sp³-hybridized carbons (Fsp3) is 0.400. The van der Waals surface area contributed by atoms with Crippen LogP contribution < -0.4 is 5.19 Å². The quantitative estimate of drug-likeness (QED) is 0.559. The number of thioether (sulfide) groups is 1. The van der Waals surface area contributed by atoms with Gasteiger partial charge in [-0.1, -0.05) is 30.3 Å². The highest BCUT2D eigenvalue weighted by atomic mass is 32.2. The van der Waals surface area contributed by atoms with Crippen molar-refractivity contribution in [3.63, 3.8) is 0 Å². The van der Waals surface area contributed by atoms with E-state index in [0.29, 0.717) is 5.94 Å². The normalized spacial score (nSPS) is 11.7. The van der Waals surface area contributed by atoms with E-state index in [0.717, 1.165) is 5.19 Å². The van der Waals surface area contributed by atoms with Gasteiger partial charge < -0.3 is 13.3 Å². The first-order valence-electron chi connectivity index (χ1n) is 4.58. The molecule has 3 nitrogen and oxygen atoms in total. The molecule has 1 aromatic carbocycles. The van der Waals surface area contributed by atoms with Crippen LogP contribution in [-0.2, 0) is 13.3 Å². The van der Waals surface area contributed by atoms with Crippen molar-refractivity contribution in [2.24, 2.45) is 0 Å². The van der Waals surface area contributed by atoms with E-state index in [1.165, 1.54) is 0 Å². The van der Waals surface area contributed by atoms with Crippen LogP contribution in [0.1, 0.15) is 0 Å². The van der Waals surface area contributed by atoms with E-state index in [4.69, 9.17) is 13.3 Å². The van der Waals surface area contributed by atoms with Crippen LogP contribution in [0.4, 0.5) is 0 Å². The molecule has 0 aliphatic carbocycles. The highest BCUT2D eigenvalue weighted by Crippen LogP contribution is 2.10. The maximum atomic E-state index is 5.72. The Bertz CT molecular complexity index is 277. The minimum absolute atomic E-state index is 0.572. The van der Waals surface area contributed by atoms with Crippen LogP contribution in [0.5, 0.6) is 0 Å². The summed E-state index contributed by atoms with van der Waals surface area (Å²) in [6.07, 6.45) is 1.98. The average molecular weight is 244 g/mol. The molecular formula is C10H16O3SSi. The van der Waals surface area contributed by atoms with Crippen LogP contribution in [0.2, 0.25) is 0 Å². The van der Waals surface area contributed by atoms with Gasteiger partial charge in [-0.2, -0.15) is 0 Å². The van der Waals surface area contributed by atoms with Crippen LogP contribution in [0.3, 0.4) is 0 Å². The summed E-state index contributed by atoms with van der Waals surface area (Å²) >= 11 is 1.61. The number of rotatable bonds is 6. The molecule has 0 fully saturated rings. The first-order valence-corrected chi connectivity index (χ1v) is 7.69. The van der Waals surface area contributed by atoms with E-state index in [1.807, 2.05) is 36.6 Å². The van der Waals surface area contributed by atoms with Gasteiger partial charge in [0.25, 0.3) is 0 Å². The van der Waals surface area contributed by atoms with E-state index in [9.17, 15) is 0 Å². The zero-order valence-electron chi connectivity index (χ0n) is 9.23. The molecule has 0 heterocycles. The Kier molecular flexibility index (Phi) is 5.34. The second-order valence-corrected chi connectivity index (χ2v) is 6.49. The molecular weight excluding hydrogens is 228 g/mol. The lowest BCUT2D eigenvalue weighted by Gasteiger charge is -2.26. The van der Waals surface area contributed by atoms with E-state index in [2.05, 4.69) is 0 Å². The van der Waals surface area contributed by atoms with Gasteiger partial charge in [-0.15, -0.1) is 11.8 Å². The van der Waals surface area contributed by atoms with Crippen molar-refractivity contribution in [1.82, 2.24) is 0 Å². The van der Waals surface area contributed by atoms with Gasteiger partial charge in [-0.3, -0.25) is 0 Å². The van der Waals surface area contributed by atoms with E-state index in [-0.39, 0.29) is 0 Å². The van der Waals surface area contributed by atoms with Crippen LogP contribution >= 0.6 is 11.8 Å². The third kappa shape index (κ3) is 3.06. The highest BCUT2D eigenvalue weighted by molar-refractivity contribution is 7.98. The van der Waals surface area contributed by atoms with Gasteiger partial charge in [0.15, 0.2) is 0 Å².